The first-order chi connectivity index (χ1) is 15.5. The van der Waals surface area contributed by atoms with Gasteiger partial charge in [-0.1, -0.05) is 71.6 Å². The van der Waals surface area contributed by atoms with Gasteiger partial charge in [-0.15, -0.1) is 22.7 Å². The van der Waals surface area contributed by atoms with Crippen LogP contribution in [0.1, 0.15) is 118 Å². The predicted octanol–water partition coefficient (Wildman–Crippen LogP) is 8.66. The Morgan fingerprint density at radius 1 is 0.765 bits per heavy atom. The topological polar surface area (TPSA) is 0 Å². The van der Waals surface area contributed by atoms with Crippen LogP contribution in [0.2, 0.25) is 0 Å². The van der Waals surface area contributed by atoms with E-state index in [4.69, 9.17) is 0 Å². The van der Waals surface area contributed by atoms with Gasteiger partial charge in [0.1, 0.15) is 0 Å². The number of thiophene rings is 2. The molecule has 0 atom stereocenters. The molecule has 1 aliphatic carbocycles. The fraction of sp³-hybridized carbons (Fsp3) is 0.679. The van der Waals surface area contributed by atoms with Gasteiger partial charge in [0.05, 0.1) is 7.57 Å². The average molecular weight is 665 g/mol. The van der Waals surface area contributed by atoms with Crippen LogP contribution < -0.4 is 12.4 Å². The second-order valence-corrected chi connectivity index (χ2v) is 14.0. The first kappa shape index (κ1) is 37.6. The Hall–Kier alpha value is 1.42. The molecule has 0 aliphatic heterocycles. The minimum Gasteiger partial charge on any atom is -1.00 e. The molecule has 0 spiro atoms. The number of aryl methyl sites for hydroxylation is 4. The van der Waals surface area contributed by atoms with Crippen LogP contribution in [0.5, 0.6) is 0 Å². The molecule has 1 fully saturated rings. The van der Waals surface area contributed by atoms with E-state index in [2.05, 4.69) is 78.1 Å². The third-order valence-electron chi connectivity index (χ3n) is 5.79. The minimum atomic E-state index is 0. The Morgan fingerprint density at radius 2 is 1.32 bits per heavy atom. The monoisotopic (exact) mass is 662 g/mol. The zero-order valence-electron chi connectivity index (χ0n) is 22.0. The molecule has 192 valence electrons. The average Bonchev–Trinajstić information content (AvgIpc) is 3.29. The van der Waals surface area contributed by atoms with E-state index >= 15 is 0 Å². The molecule has 1 aliphatic rings. The fourth-order valence-corrected chi connectivity index (χ4v) is 7.75. The van der Waals surface area contributed by atoms with Crippen molar-refractivity contribution >= 4 is 77.6 Å². The quantitative estimate of drug-likeness (QED) is 0.136. The van der Waals surface area contributed by atoms with Crippen molar-refractivity contribution in [2.45, 2.75) is 124 Å². The number of unbranched alkanes of at least 4 members (excludes halogenated alkanes) is 6. The number of hydrogen-bond acceptors (Lipinski definition) is 2. The van der Waals surface area contributed by atoms with Gasteiger partial charge >= 0.3 is 23.1 Å². The maximum absolute atomic E-state index is 3.57. The molecule has 0 radical (unpaired) electrons. The van der Waals surface area contributed by atoms with E-state index < -0.39 is 0 Å². The van der Waals surface area contributed by atoms with Crippen molar-refractivity contribution in [2.75, 3.05) is 0 Å². The summed E-state index contributed by atoms with van der Waals surface area (Å²) in [6, 6.07) is 4.58. The molecular weight excluding hydrogens is 620 g/mol. The molecule has 0 saturated heterocycles. The third kappa shape index (κ3) is 18.6. The van der Waals surface area contributed by atoms with Crippen LogP contribution in [0.4, 0.5) is 0 Å². The van der Waals surface area contributed by atoms with Crippen molar-refractivity contribution in [1.82, 2.24) is 0 Å². The van der Waals surface area contributed by atoms with Crippen LogP contribution in [0.3, 0.4) is 0 Å². The van der Waals surface area contributed by atoms with Crippen LogP contribution >= 0.6 is 54.5 Å². The molecule has 1 saturated carbocycles. The summed E-state index contributed by atoms with van der Waals surface area (Å²) in [6.45, 7) is 8.96. The van der Waals surface area contributed by atoms with Gasteiger partial charge in [-0.2, -0.15) is 12.8 Å². The van der Waals surface area contributed by atoms with Crippen LogP contribution in [-0.2, 0) is 12.8 Å². The van der Waals surface area contributed by atoms with Gasteiger partial charge in [0.2, 0.25) is 0 Å². The van der Waals surface area contributed by atoms with Crippen molar-refractivity contribution in [3.63, 3.8) is 0 Å². The SMILES string of the molecule is CCCCCCc1cc(Br)sc1Br.CCCCCCc1cc(C)sc1C.[CH-]1CCCCC1.[Cl-].[Mg+2]. The summed E-state index contributed by atoms with van der Waals surface area (Å²) >= 11 is 10.8. The van der Waals surface area contributed by atoms with E-state index in [-0.39, 0.29) is 35.5 Å². The summed E-state index contributed by atoms with van der Waals surface area (Å²) in [5, 5.41) is 0. The molecular formula is C28H45Br2ClMgS2. The van der Waals surface area contributed by atoms with Crippen molar-refractivity contribution in [3.05, 3.63) is 47.0 Å². The van der Waals surface area contributed by atoms with Crippen LogP contribution in [0.15, 0.2) is 19.7 Å². The van der Waals surface area contributed by atoms with Gasteiger partial charge in [0, 0.05) is 9.75 Å². The van der Waals surface area contributed by atoms with Gasteiger partial charge < -0.3 is 18.8 Å². The molecule has 0 nitrogen and oxygen atoms in total. The number of rotatable bonds is 10. The predicted molar refractivity (Wildman–Crippen MR) is 162 cm³/mol. The summed E-state index contributed by atoms with van der Waals surface area (Å²) < 4.78 is 2.51. The maximum atomic E-state index is 3.57. The molecule has 2 aromatic rings. The van der Waals surface area contributed by atoms with Gasteiger partial charge in [0.25, 0.3) is 0 Å². The Labute approximate surface area is 258 Å². The fourth-order valence-electron chi connectivity index (χ4n) is 3.86. The molecule has 0 amide bonds. The van der Waals surface area contributed by atoms with E-state index in [1.165, 1.54) is 119 Å². The normalized spacial score (nSPS) is 12.4. The van der Waals surface area contributed by atoms with E-state index in [9.17, 15) is 0 Å². The minimum absolute atomic E-state index is 0. The van der Waals surface area contributed by atoms with Crippen molar-refractivity contribution < 1.29 is 12.4 Å². The maximum Gasteiger partial charge on any atom is 2.00 e. The smallest absolute Gasteiger partial charge is 1.00 e. The third-order valence-corrected chi connectivity index (χ3v) is 9.26. The zero-order chi connectivity index (χ0) is 23.6. The van der Waals surface area contributed by atoms with Crippen LogP contribution in [0.25, 0.3) is 0 Å². The summed E-state index contributed by atoms with van der Waals surface area (Å²) in [5.41, 5.74) is 3.03. The summed E-state index contributed by atoms with van der Waals surface area (Å²) in [5.74, 6) is 0. The van der Waals surface area contributed by atoms with E-state index in [1.54, 1.807) is 16.9 Å². The standard InChI is InChI=1S/C12H20S.C10H14Br2S.C6H11.ClH.Mg/c1-4-5-6-7-8-12-9-10(2)13-11(12)3;1-2-3-4-5-6-8-7-9(11)13-10(8)12;1-2-4-6-5-3-1;;/h9H,4-8H2,1-3H3;7H,2-6H2,1H3;1H,2-6H2;1H;/q;;-1;;+2/p-1. The van der Waals surface area contributed by atoms with Crippen molar-refractivity contribution in [2.24, 2.45) is 0 Å². The summed E-state index contributed by atoms with van der Waals surface area (Å²) in [6.07, 6.45) is 22.8. The molecule has 0 bridgehead atoms. The molecule has 0 N–H and O–H groups in total. The van der Waals surface area contributed by atoms with Crippen molar-refractivity contribution in [3.8, 4) is 0 Å². The molecule has 34 heavy (non-hydrogen) atoms. The van der Waals surface area contributed by atoms with E-state index in [0.29, 0.717) is 0 Å². The second kappa shape index (κ2) is 24.7. The molecule has 0 unspecified atom stereocenters. The Morgan fingerprint density at radius 3 is 1.68 bits per heavy atom. The summed E-state index contributed by atoms with van der Waals surface area (Å²) in [7, 11) is 0. The molecule has 3 rings (SSSR count). The molecule has 6 heteroatoms. The first-order valence-corrected chi connectivity index (χ1v) is 16.0. The second-order valence-electron chi connectivity index (χ2n) is 8.84. The molecule has 2 aromatic heterocycles. The van der Waals surface area contributed by atoms with Gasteiger partial charge in [0.15, 0.2) is 0 Å². The van der Waals surface area contributed by atoms with Crippen LogP contribution in [-0.4, -0.2) is 23.1 Å². The van der Waals surface area contributed by atoms with Gasteiger partial charge in [-0.05, 0) is 94.7 Å². The zero-order valence-corrected chi connectivity index (χ0v) is 29.0. The molecule has 0 aromatic carbocycles. The Balaban J connectivity index is 0. The van der Waals surface area contributed by atoms with Gasteiger partial charge in [-0.25, -0.2) is 0 Å². The first-order valence-electron chi connectivity index (χ1n) is 12.8. The van der Waals surface area contributed by atoms with Gasteiger partial charge in [-0.3, -0.25) is 0 Å². The van der Waals surface area contributed by atoms with Crippen molar-refractivity contribution in [1.29, 1.82) is 0 Å². The Bertz CT molecular complexity index is 646. The van der Waals surface area contributed by atoms with Crippen LogP contribution in [0, 0.1) is 20.3 Å². The number of halogens is 3. The largest absolute Gasteiger partial charge is 2.00 e. The van der Waals surface area contributed by atoms with E-state index in [1.807, 2.05) is 11.3 Å². The number of hydrogen-bond donors (Lipinski definition) is 0. The Kier molecular flexibility index (Phi) is 27.3. The van der Waals surface area contributed by atoms with E-state index in [0.717, 1.165) is 0 Å². The summed E-state index contributed by atoms with van der Waals surface area (Å²) in [4.78, 5) is 2.98. The molecule has 2 heterocycles.